The summed E-state index contributed by atoms with van der Waals surface area (Å²) in [5, 5.41) is 2.70. The van der Waals surface area contributed by atoms with Crippen molar-refractivity contribution in [1.29, 1.82) is 0 Å². The average Bonchev–Trinajstić information content (AvgIpc) is 3.06. The molecule has 0 bridgehead atoms. The van der Waals surface area contributed by atoms with Crippen LogP contribution >= 0.6 is 0 Å². The second-order valence-corrected chi connectivity index (χ2v) is 6.00. The Morgan fingerprint density at radius 3 is 2.58 bits per heavy atom. The third-order valence-electron chi connectivity index (χ3n) is 3.65. The number of likely N-dealkylation sites (N-methyl/N-ethyl adjacent to an activating group) is 1. The summed E-state index contributed by atoms with van der Waals surface area (Å²) in [7, 11) is 1.63. The lowest BCUT2D eigenvalue weighted by molar-refractivity contribution is -0.133. The van der Waals surface area contributed by atoms with E-state index in [0.717, 1.165) is 0 Å². The lowest BCUT2D eigenvalue weighted by atomic mass is 10.0. The zero-order valence-electron chi connectivity index (χ0n) is 14.0. The van der Waals surface area contributed by atoms with Crippen molar-refractivity contribution in [2.75, 3.05) is 7.05 Å². The lowest BCUT2D eigenvalue weighted by Gasteiger charge is -2.27. The van der Waals surface area contributed by atoms with Gasteiger partial charge in [0, 0.05) is 13.6 Å². The molecule has 0 fully saturated rings. The van der Waals surface area contributed by atoms with Gasteiger partial charge in [0.15, 0.2) is 5.76 Å². The van der Waals surface area contributed by atoms with Crippen molar-refractivity contribution in [1.82, 2.24) is 10.2 Å². The molecule has 0 aliphatic heterocycles. The molecule has 1 aromatic heterocycles. The van der Waals surface area contributed by atoms with Gasteiger partial charge in [0.25, 0.3) is 5.91 Å². The van der Waals surface area contributed by atoms with Crippen molar-refractivity contribution >= 4 is 11.8 Å². The molecular formula is C18H21FN2O3. The van der Waals surface area contributed by atoms with Crippen LogP contribution in [0, 0.1) is 11.7 Å². The Morgan fingerprint density at radius 1 is 1.25 bits per heavy atom. The zero-order valence-corrected chi connectivity index (χ0v) is 14.0. The number of halogens is 1. The van der Waals surface area contributed by atoms with Gasteiger partial charge in [-0.3, -0.25) is 9.59 Å². The molecule has 0 saturated carbocycles. The normalized spacial score (nSPS) is 12.0. The van der Waals surface area contributed by atoms with Gasteiger partial charge in [-0.15, -0.1) is 0 Å². The third kappa shape index (κ3) is 4.44. The first-order chi connectivity index (χ1) is 11.4. The van der Waals surface area contributed by atoms with Gasteiger partial charge in [-0.05, 0) is 35.7 Å². The molecule has 1 N–H and O–H groups in total. The van der Waals surface area contributed by atoms with Crippen molar-refractivity contribution in [3.63, 3.8) is 0 Å². The Labute approximate surface area is 140 Å². The fourth-order valence-electron chi connectivity index (χ4n) is 2.36. The molecule has 5 nitrogen and oxygen atoms in total. The van der Waals surface area contributed by atoms with E-state index in [0.29, 0.717) is 5.56 Å². The first kappa shape index (κ1) is 17.7. The van der Waals surface area contributed by atoms with Gasteiger partial charge in [-0.25, -0.2) is 4.39 Å². The van der Waals surface area contributed by atoms with Crippen LogP contribution in [0.3, 0.4) is 0 Å². The van der Waals surface area contributed by atoms with Crippen LogP contribution in [0.4, 0.5) is 4.39 Å². The van der Waals surface area contributed by atoms with Gasteiger partial charge in [0.2, 0.25) is 5.91 Å². The van der Waals surface area contributed by atoms with Gasteiger partial charge < -0.3 is 14.6 Å². The van der Waals surface area contributed by atoms with Crippen LogP contribution in [-0.2, 0) is 11.3 Å². The fourth-order valence-corrected chi connectivity index (χ4v) is 2.36. The quantitative estimate of drug-likeness (QED) is 0.885. The number of nitrogens with one attached hydrogen (secondary N) is 1. The minimum absolute atomic E-state index is 0.105. The van der Waals surface area contributed by atoms with Crippen LogP contribution in [0.1, 0.15) is 30.0 Å². The largest absolute Gasteiger partial charge is 0.459 e. The molecule has 6 heteroatoms. The summed E-state index contributed by atoms with van der Waals surface area (Å²) >= 11 is 0. The van der Waals surface area contributed by atoms with Crippen molar-refractivity contribution in [3.05, 3.63) is 59.8 Å². The molecule has 2 aromatic rings. The monoisotopic (exact) mass is 332 g/mol. The summed E-state index contributed by atoms with van der Waals surface area (Å²) in [4.78, 5) is 26.3. The summed E-state index contributed by atoms with van der Waals surface area (Å²) < 4.78 is 18.3. The number of carbonyl (C=O) groups excluding carboxylic acids is 2. The molecular weight excluding hydrogens is 311 g/mol. The summed E-state index contributed by atoms with van der Waals surface area (Å²) in [6, 6.07) is 8.54. The molecule has 24 heavy (non-hydrogen) atoms. The molecule has 1 heterocycles. The first-order valence-corrected chi connectivity index (χ1v) is 7.72. The summed E-state index contributed by atoms with van der Waals surface area (Å²) in [6.07, 6.45) is 1.40. The maximum absolute atomic E-state index is 13.3. The van der Waals surface area contributed by atoms with Crippen LogP contribution in [0.5, 0.6) is 0 Å². The molecule has 0 spiro atoms. The van der Waals surface area contributed by atoms with Crippen LogP contribution in [0.25, 0.3) is 0 Å². The molecule has 2 rings (SSSR count). The van der Waals surface area contributed by atoms with E-state index < -0.39 is 11.9 Å². The maximum Gasteiger partial charge on any atom is 0.287 e. The number of rotatable bonds is 6. The molecule has 0 radical (unpaired) electrons. The van der Waals surface area contributed by atoms with Crippen LogP contribution in [0.15, 0.2) is 47.1 Å². The van der Waals surface area contributed by atoms with E-state index in [1.807, 2.05) is 13.8 Å². The third-order valence-corrected chi connectivity index (χ3v) is 3.65. The van der Waals surface area contributed by atoms with E-state index >= 15 is 0 Å². The van der Waals surface area contributed by atoms with Gasteiger partial charge >= 0.3 is 0 Å². The molecule has 2 amide bonds. The Morgan fingerprint density at radius 2 is 2.00 bits per heavy atom. The summed E-state index contributed by atoms with van der Waals surface area (Å²) in [5.74, 6) is -0.979. The van der Waals surface area contributed by atoms with Gasteiger partial charge in [0.05, 0.1) is 6.26 Å². The van der Waals surface area contributed by atoms with E-state index in [9.17, 15) is 14.0 Å². The number of furan rings is 1. The Bertz CT molecular complexity index is 698. The number of amides is 2. The topological polar surface area (TPSA) is 62.6 Å². The molecule has 1 unspecified atom stereocenters. The molecule has 0 saturated heterocycles. The molecule has 0 aliphatic rings. The average molecular weight is 332 g/mol. The van der Waals surface area contributed by atoms with Crippen molar-refractivity contribution in [2.24, 2.45) is 5.92 Å². The first-order valence-electron chi connectivity index (χ1n) is 7.72. The predicted molar refractivity (Wildman–Crippen MR) is 87.7 cm³/mol. The van der Waals surface area contributed by atoms with Gasteiger partial charge in [-0.2, -0.15) is 0 Å². The number of nitrogens with zero attached hydrogens (tertiary/aromatic N) is 1. The van der Waals surface area contributed by atoms with Crippen molar-refractivity contribution in [3.8, 4) is 0 Å². The molecule has 0 aliphatic carbocycles. The smallest absolute Gasteiger partial charge is 0.287 e. The predicted octanol–water partition coefficient (Wildman–Crippen LogP) is 2.83. The van der Waals surface area contributed by atoms with Crippen LogP contribution in [-0.4, -0.2) is 29.8 Å². The number of hydrogen-bond donors (Lipinski definition) is 1. The lowest BCUT2D eigenvalue weighted by Crippen LogP contribution is -2.49. The van der Waals surface area contributed by atoms with E-state index in [4.69, 9.17) is 4.42 Å². The Balaban J connectivity index is 2.06. The highest BCUT2D eigenvalue weighted by molar-refractivity contribution is 5.95. The summed E-state index contributed by atoms with van der Waals surface area (Å²) in [5.41, 5.74) is 0.686. The minimum Gasteiger partial charge on any atom is -0.459 e. The maximum atomic E-state index is 13.3. The second kappa shape index (κ2) is 7.77. The SMILES string of the molecule is CC(C)C(NC(=O)c1ccco1)C(=O)N(C)Cc1cccc(F)c1. The number of benzene rings is 1. The zero-order chi connectivity index (χ0) is 17.7. The van der Waals surface area contributed by atoms with Gasteiger partial charge in [0.1, 0.15) is 11.9 Å². The highest BCUT2D eigenvalue weighted by Crippen LogP contribution is 2.11. The Kier molecular flexibility index (Phi) is 5.73. The van der Waals surface area contributed by atoms with Crippen molar-refractivity contribution in [2.45, 2.75) is 26.4 Å². The number of carbonyl (C=O) groups is 2. The molecule has 1 aromatic carbocycles. The van der Waals surface area contributed by atoms with E-state index in [1.54, 1.807) is 25.2 Å². The van der Waals surface area contributed by atoms with Crippen LogP contribution in [0.2, 0.25) is 0 Å². The fraction of sp³-hybridized carbons (Fsp3) is 0.333. The second-order valence-electron chi connectivity index (χ2n) is 6.00. The van der Waals surface area contributed by atoms with Crippen LogP contribution < -0.4 is 5.32 Å². The molecule has 1 atom stereocenters. The molecule has 128 valence electrons. The van der Waals surface area contributed by atoms with E-state index in [2.05, 4.69) is 5.32 Å². The van der Waals surface area contributed by atoms with E-state index in [1.165, 1.54) is 29.4 Å². The standard InChI is InChI=1S/C18H21FN2O3/c1-12(2)16(20-17(22)15-8-5-9-24-15)18(23)21(3)11-13-6-4-7-14(19)10-13/h4-10,12,16H,11H2,1-3H3,(H,20,22). The number of hydrogen-bond acceptors (Lipinski definition) is 3. The van der Waals surface area contributed by atoms with Gasteiger partial charge in [-0.1, -0.05) is 26.0 Å². The van der Waals surface area contributed by atoms with Crippen molar-refractivity contribution < 1.29 is 18.4 Å². The highest BCUT2D eigenvalue weighted by atomic mass is 19.1. The highest BCUT2D eigenvalue weighted by Gasteiger charge is 2.28. The summed E-state index contributed by atoms with van der Waals surface area (Å²) in [6.45, 7) is 3.96. The van der Waals surface area contributed by atoms with E-state index in [-0.39, 0.29) is 29.9 Å². The Hall–Kier alpha value is -2.63. The minimum atomic E-state index is -0.693.